The van der Waals surface area contributed by atoms with E-state index >= 15 is 0 Å². The Morgan fingerprint density at radius 1 is 0.444 bits per heavy atom. The lowest BCUT2D eigenvalue weighted by Crippen LogP contribution is -2.18. The van der Waals surface area contributed by atoms with Crippen LogP contribution < -0.4 is 4.90 Å². The number of anilines is 3. The Labute approximate surface area is 266 Å². The molecule has 45 heavy (non-hydrogen) atoms. The summed E-state index contributed by atoms with van der Waals surface area (Å²) in [6, 6.07) is 42.5. The predicted molar refractivity (Wildman–Crippen MR) is 182 cm³/mol. The summed E-state index contributed by atoms with van der Waals surface area (Å²) in [5, 5.41) is 0. The molecule has 9 rings (SSSR count). The van der Waals surface area contributed by atoms with E-state index in [1.807, 2.05) is 0 Å². The first kappa shape index (κ1) is 27.2. The molecule has 0 amide bonds. The van der Waals surface area contributed by atoms with Crippen molar-refractivity contribution in [2.24, 2.45) is 0 Å². The van der Waals surface area contributed by atoms with Crippen molar-refractivity contribution in [3.63, 3.8) is 0 Å². The highest BCUT2D eigenvalue weighted by Gasteiger charge is 2.55. The van der Waals surface area contributed by atoms with Gasteiger partial charge in [-0.3, -0.25) is 0 Å². The van der Waals surface area contributed by atoms with E-state index in [9.17, 15) is 0 Å². The first-order valence-corrected chi connectivity index (χ1v) is 16.4. The SMILES string of the molecule is CC12CCC(C)(O1)c1cc(-c3ccc(-c4ccc5c(c4)C4(C)CCC5(C)O4)c(N(c4ccccc4)c4ccccc4)c3)ccc12. The number of fused-ring (bicyclic) bond motifs is 10. The van der Waals surface area contributed by atoms with Crippen LogP contribution in [0.4, 0.5) is 17.1 Å². The molecule has 3 nitrogen and oxygen atoms in total. The molecule has 3 heteroatoms. The average Bonchev–Trinajstić information content (AvgIpc) is 3.71. The van der Waals surface area contributed by atoms with Crippen molar-refractivity contribution < 1.29 is 9.47 Å². The molecular weight excluding hydrogens is 550 g/mol. The number of hydrogen-bond acceptors (Lipinski definition) is 3. The summed E-state index contributed by atoms with van der Waals surface area (Å²) in [7, 11) is 0. The fourth-order valence-corrected chi connectivity index (χ4v) is 8.87. The van der Waals surface area contributed by atoms with E-state index in [0.29, 0.717) is 0 Å². The van der Waals surface area contributed by atoms with Gasteiger partial charge in [-0.25, -0.2) is 0 Å². The second kappa shape index (κ2) is 9.19. The Morgan fingerprint density at radius 3 is 1.40 bits per heavy atom. The average molecular weight is 590 g/mol. The van der Waals surface area contributed by atoms with Crippen LogP contribution in [-0.4, -0.2) is 0 Å². The van der Waals surface area contributed by atoms with E-state index in [1.54, 1.807) is 0 Å². The third kappa shape index (κ3) is 3.90. The van der Waals surface area contributed by atoms with Gasteiger partial charge in [-0.2, -0.15) is 0 Å². The minimum Gasteiger partial charge on any atom is -0.360 e. The molecule has 0 aromatic heterocycles. The topological polar surface area (TPSA) is 21.7 Å². The second-order valence-electron chi connectivity index (χ2n) is 14.4. The van der Waals surface area contributed by atoms with E-state index in [-0.39, 0.29) is 22.4 Å². The van der Waals surface area contributed by atoms with Crippen LogP contribution in [0.2, 0.25) is 0 Å². The summed E-state index contributed by atoms with van der Waals surface area (Å²) in [4.78, 5) is 2.40. The van der Waals surface area contributed by atoms with Crippen molar-refractivity contribution >= 4 is 17.1 Å². The van der Waals surface area contributed by atoms with Gasteiger partial charge in [-0.1, -0.05) is 72.8 Å². The zero-order valence-corrected chi connectivity index (χ0v) is 26.6. The molecule has 2 saturated heterocycles. The van der Waals surface area contributed by atoms with Gasteiger partial charge in [0.25, 0.3) is 0 Å². The fraction of sp³-hybridized carbons (Fsp3) is 0.286. The molecular formula is C42H39NO2. The lowest BCUT2D eigenvalue weighted by atomic mass is 9.77. The Balaban J connectivity index is 1.25. The third-order valence-corrected chi connectivity index (χ3v) is 11.3. The molecule has 2 fully saturated rings. The van der Waals surface area contributed by atoms with E-state index in [1.165, 1.54) is 44.5 Å². The normalized spacial score (nSPS) is 28.7. The van der Waals surface area contributed by atoms with Crippen molar-refractivity contribution in [3.8, 4) is 22.3 Å². The molecule has 0 aliphatic carbocycles. The summed E-state index contributed by atoms with van der Waals surface area (Å²) in [6.45, 7) is 9.04. The zero-order valence-electron chi connectivity index (χ0n) is 26.6. The second-order valence-corrected chi connectivity index (χ2v) is 14.4. The van der Waals surface area contributed by atoms with Crippen LogP contribution in [0.3, 0.4) is 0 Å². The maximum absolute atomic E-state index is 6.65. The minimum absolute atomic E-state index is 0.167. The lowest BCUT2D eigenvalue weighted by molar-refractivity contribution is -0.0665. The van der Waals surface area contributed by atoms with E-state index < -0.39 is 0 Å². The van der Waals surface area contributed by atoms with Gasteiger partial charge in [-0.05, 0) is 135 Å². The molecule has 0 saturated carbocycles. The van der Waals surface area contributed by atoms with Crippen LogP contribution in [0.5, 0.6) is 0 Å². The highest BCUT2D eigenvalue weighted by Crippen LogP contribution is 2.60. The molecule has 0 radical (unpaired) electrons. The predicted octanol–water partition coefficient (Wildman–Crippen LogP) is 11.0. The Morgan fingerprint density at radius 2 is 0.867 bits per heavy atom. The fourth-order valence-electron chi connectivity index (χ4n) is 8.87. The Kier molecular flexibility index (Phi) is 5.54. The first-order chi connectivity index (χ1) is 21.7. The highest BCUT2D eigenvalue weighted by molar-refractivity contribution is 5.91. The van der Waals surface area contributed by atoms with Crippen molar-refractivity contribution in [3.05, 3.63) is 138 Å². The molecule has 4 bridgehead atoms. The smallest absolute Gasteiger partial charge is 0.0920 e. The summed E-state index contributed by atoms with van der Waals surface area (Å²) in [5.74, 6) is 0. The minimum atomic E-state index is -0.225. The lowest BCUT2D eigenvalue weighted by Gasteiger charge is -2.29. The standard InChI is InChI=1S/C42H39NO2/c1-39-21-23-41(3,44-39)36-25-28(16-19-34(36)39)29-15-18-33(30-17-20-35-37(26-30)42(4)24-22-40(35,2)45-42)38(27-29)43(31-11-7-5-8-12-31)32-13-9-6-10-14-32/h5-20,25-27H,21-24H2,1-4H3. The van der Waals surface area contributed by atoms with E-state index in [0.717, 1.165) is 42.7 Å². The number of benzene rings is 5. The first-order valence-electron chi connectivity index (χ1n) is 16.4. The van der Waals surface area contributed by atoms with Gasteiger partial charge in [0.1, 0.15) is 0 Å². The van der Waals surface area contributed by atoms with Crippen molar-refractivity contribution in [2.75, 3.05) is 4.90 Å². The largest absolute Gasteiger partial charge is 0.360 e. The molecule has 5 aromatic carbocycles. The molecule has 0 spiro atoms. The molecule has 4 heterocycles. The van der Waals surface area contributed by atoms with Crippen molar-refractivity contribution in [2.45, 2.75) is 75.8 Å². The van der Waals surface area contributed by atoms with Crippen molar-refractivity contribution in [1.82, 2.24) is 0 Å². The molecule has 4 atom stereocenters. The molecule has 4 aliphatic rings. The zero-order chi connectivity index (χ0) is 30.6. The van der Waals surface area contributed by atoms with Crippen LogP contribution in [0, 0.1) is 0 Å². The van der Waals surface area contributed by atoms with E-state index in [4.69, 9.17) is 9.47 Å². The summed E-state index contributed by atoms with van der Waals surface area (Å²) in [5.41, 5.74) is 12.9. The Hall–Kier alpha value is -4.18. The van der Waals surface area contributed by atoms with Gasteiger partial charge in [0.15, 0.2) is 0 Å². The summed E-state index contributed by atoms with van der Waals surface area (Å²) < 4.78 is 13.3. The van der Waals surface area contributed by atoms with Crippen molar-refractivity contribution in [1.29, 1.82) is 0 Å². The van der Waals surface area contributed by atoms with E-state index in [2.05, 4.69) is 148 Å². The molecule has 4 unspecified atom stereocenters. The summed E-state index contributed by atoms with van der Waals surface area (Å²) in [6.07, 6.45) is 4.29. The number of ether oxygens (including phenoxy) is 2. The number of nitrogens with zero attached hydrogens (tertiary/aromatic N) is 1. The highest BCUT2D eigenvalue weighted by atomic mass is 16.5. The van der Waals surface area contributed by atoms with Crippen LogP contribution in [0.15, 0.2) is 115 Å². The number of rotatable bonds is 5. The van der Waals surface area contributed by atoms with Crippen LogP contribution in [0.1, 0.15) is 75.6 Å². The van der Waals surface area contributed by atoms with Gasteiger partial charge >= 0.3 is 0 Å². The molecule has 5 aromatic rings. The maximum Gasteiger partial charge on any atom is 0.0920 e. The van der Waals surface area contributed by atoms with Gasteiger partial charge in [0.2, 0.25) is 0 Å². The number of para-hydroxylation sites is 2. The van der Waals surface area contributed by atoms with Gasteiger partial charge in [0, 0.05) is 16.9 Å². The maximum atomic E-state index is 6.65. The monoisotopic (exact) mass is 589 g/mol. The van der Waals surface area contributed by atoms with Gasteiger partial charge in [-0.15, -0.1) is 0 Å². The quantitative estimate of drug-likeness (QED) is 0.204. The van der Waals surface area contributed by atoms with Gasteiger partial charge < -0.3 is 14.4 Å². The van der Waals surface area contributed by atoms with Crippen LogP contribution in [-0.2, 0) is 31.9 Å². The van der Waals surface area contributed by atoms with Crippen LogP contribution in [0.25, 0.3) is 22.3 Å². The molecule has 0 N–H and O–H groups in total. The number of hydrogen-bond donors (Lipinski definition) is 0. The third-order valence-electron chi connectivity index (χ3n) is 11.3. The Bertz CT molecular complexity index is 1950. The molecule has 4 aliphatic heterocycles. The van der Waals surface area contributed by atoms with Gasteiger partial charge in [0.05, 0.1) is 28.1 Å². The molecule has 224 valence electrons. The summed E-state index contributed by atoms with van der Waals surface area (Å²) >= 11 is 0. The van der Waals surface area contributed by atoms with Crippen LogP contribution >= 0.6 is 0 Å².